The Morgan fingerprint density at radius 3 is 2.35 bits per heavy atom. The molecule has 0 aromatic heterocycles. The van der Waals surface area contributed by atoms with Crippen molar-refractivity contribution in [2.45, 2.75) is 46.5 Å². The van der Waals surface area contributed by atoms with E-state index in [2.05, 4.69) is 19.2 Å². The summed E-state index contributed by atoms with van der Waals surface area (Å²) in [5.41, 5.74) is 3.78. The van der Waals surface area contributed by atoms with Crippen LogP contribution in [-0.2, 0) is 14.8 Å². The van der Waals surface area contributed by atoms with Gasteiger partial charge in [-0.05, 0) is 61.1 Å². The zero-order valence-corrected chi connectivity index (χ0v) is 20.0. The summed E-state index contributed by atoms with van der Waals surface area (Å²) in [7, 11) is -3.43. The number of hydrogen-bond donors (Lipinski definition) is 1. The van der Waals surface area contributed by atoms with Gasteiger partial charge in [0, 0.05) is 13.0 Å². The third-order valence-electron chi connectivity index (χ3n) is 4.88. The van der Waals surface area contributed by atoms with Crippen LogP contribution in [0.5, 0.6) is 5.75 Å². The first-order valence-corrected chi connectivity index (χ1v) is 12.5. The first kappa shape index (κ1) is 24.7. The van der Waals surface area contributed by atoms with Crippen molar-refractivity contribution in [1.29, 1.82) is 0 Å². The monoisotopic (exact) mass is 446 g/mol. The molecule has 0 spiro atoms. The number of aryl methyl sites for hydroxylation is 2. The summed E-state index contributed by atoms with van der Waals surface area (Å²) in [4.78, 5) is 12.2. The van der Waals surface area contributed by atoms with E-state index in [1.54, 1.807) is 0 Å². The summed E-state index contributed by atoms with van der Waals surface area (Å²) in [5, 5.41) is 2.84. The van der Waals surface area contributed by atoms with E-state index in [1.807, 2.05) is 56.3 Å². The van der Waals surface area contributed by atoms with Crippen LogP contribution in [0.15, 0.2) is 42.5 Å². The number of carbonyl (C=O) groups is 1. The molecule has 1 N–H and O–H groups in total. The molecule has 0 aliphatic carbocycles. The van der Waals surface area contributed by atoms with Gasteiger partial charge in [-0.25, -0.2) is 8.42 Å². The highest BCUT2D eigenvalue weighted by Gasteiger charge is 2.18. The Bertz CT molecular complexity index is 967. The van der Waals surface area contributed by atoms with E-state index in [-0.39, 0.29) is 18.9 Å². The number of nitrogens with zero attached hydrogens (tertiary/aromatic N) is 1. The van der Waals surface area contributed by atoms with Gasteiger partial charge in [-0.3, -0.25) is 9.10 Å². The highest BCUT2D eigenvalue weighted by molar-refractivity contribution is 7.92. The minimum absolute atomic E-state index is 0.116. The SMILES string of the molecule is Cc1cc(C)cc(N(CCCC(=O)NCCOc2ccccc2C(C)C)S(C)(=O)=O)c1. The number of anilines is 1. The second kappa shape index (κ2) is 11.2. The van der Waals surface area contributed by atoms with Crippen LogP contribution in [0, 0.1) is 13.8 Å². The van der Waals surface area contributed by atoms with Crippen molar-refractivity contribution in [2.75, 3.05) is 30.3 Å². The Morgan fingerprint density at radius 1 is 1.10 bits per heavy atom. The summed E-state index contributed by atoms with van der Waals surface area (Å²) in [5.74, 6) is 1.08. The van der Waals surface area contributed by atoms with Crippen LogP contribution in [0.1, 0.15) is 49.3 Å². The van der Waals surface area contributed by atoms with Crippen molar-refractivity contribution in [3.05, 3.63) is 59.2 Å². The highest BCUT2D eigenvalue weighted by atomic mass is 32.2. The van der Waals surface area contributed by atoms with Crippen molar-refractivity contribution in [3.63, 3.8) is 0 Å². The predicted molar refractivity (Wildman–Crippen MR) is 126 cm³/mol. The molecule has 6 nitrogen and oxygen atoms in total. The second-order valence-electron chi connectivity index (χ2n) is 8.18. The van der Waals surface area contributed by atoms with E-state index in [0.29, 0.717) is 31.2 Å². The number of sulfonamides is 1. The quantitative estimate of drug-likeness (QED) is 0.526. The lowest BCUT2D eigenvalue weighted by Gasteiger charge is -2.23. The number of nitrogens with one attached hydrogen (secondary N) is 1. The molecule has 0 aliphatic rings. The van der Waals surface area contributed by atoms with Crippen molar-refractivity contribution < 1.29 is 17.9 Å². The Kier molecular flexibility index (Phi) is 8.92. The standard InChI is InChI=1S/C24H34N2O4S/c1-18(2)22-9-6-7-10-23(22)30-14-12-25-24(27)11-8-13-26(31(5,28)29)21-16-19(3)15-20(4)17-21/h6-7,9-10,15-18H,8,11-14H2,1-5H3,(H,25,27). The maximum absolute atomic E-state index is 12.3. The number of rotatable bonds is 11. The van der Waals surface area contributed by atoms with Gasteiger partial charge in [0.15, 0.2) is 0 Å². The largest absolute Gasteiger partial charge is 0.491 e. The van der Waals surface area contributed by atoms with Crippen molar-refractivity contribution >= 4 is 21.6 Å². The van der Waals surface area contributed by atoms with E-state index in [4.69, 9.17) is 4.74 Å². The fourth-order valence-electron chi connectivity index (χ4n) is 3.49. The highest BCUT2D eigenvalue weighted by Crippen LogP contribution is 2.25. The molecule has 0 heterocycles. The van der Waals surface area contributed by atoms with Gasteiger partial charge in [0.1, 0.15) is 12.4 Å². The lowest BCUT2D eigenvalue weighted by atomic mass is 10.0. The topological polar surface area (TPSA) is 75.7 Å². The van der Waals surface area contributed by atoms with Gasteiger partial charge in [-0.1, -0.05) is 38.1 Å². The molecule has 0 saturated carbocycles. The molecule has 1 amide bonds. The number of ether oxygens (including phenoxy) is 1. The third-order valence-corrected chi connectivity index (χ3v) is 6.08. The molecule has 7 heteroatoms. The zero-order valence-electron chi connectivity index (χ0n) is 19.1. The number of amides is 1. The smallest absolute Gasteiger partial charge is 0.232 e. The van der Waals surface area contributed by atoms with Crippen LogP contribution in [0.25, 0.3) is 0 Å². The van der Waals surface area contributed by atoms with Crippen molar-refractivity contribution in [2.24, 2.45) is 0 Å². The van der Waals surface area contributed by atoms with E-state index < -0.39 is 10.0 Å². The molecule has 0 saturated heterocycles. The molecule has 2 aromatic carbocycles. The van der Waals surface area contributed by atoms with E-state index in [9.17, 15) is 13.2 Å². The number of hydrogen-bond acceptors (Lipinski definition) is 4. The number of para-hydroxylation sites is 1. The van der Waals surface area contributed by atoms with E-state index in [1.165, 1.54) is 10.6 Å². The van der Waals surface area contributed by atoms with E-state index in [0.717, 1.165) is 22.4 Å². The van der Waals surface area contributed by atoms with Gasteiger partial charge in [0.25, 0.3) is 0 Å². The molecule has 0 atom stereocenters. The minimum atomic E-state index is -3.43. The summed E-state index contributed by atoms with van der Waals surface area (Å²) in [6, 6.07) is 13.6. The van der Waals surface area contributed by atoms with Crippen LogP contribution >= 0.6 is 0 Å². The molecule has 0 aliphatic heterocycles. The van der Waals surface area contributed by atoms with E-state index >= 15 is 0 Å². The molecule has 170 valence electrons. The van der Waals surface area contributed by atoms with Gasteiger partial charge in [-0.2, -0.15) is 0 Å². The van der Waals surface area contributed by atoms with Crippen LogP contribution in [0.3, 0.4) is 0 Å². The fourth-order valence-corrected chi connectivity index (χ4v) is 4.44. The Morgan fingerprint density at radius 2 is 1.74 bits per heavy atom. The van der Waals surface area contributed by atoms with Crippen LogP contribution in [-0.4, -0.2) is 40.3 Å². The summed E-state index contributed by atoms with van der Waals surface area (Å²) in [6.45, 7) is 9.14. The van der Waals surface area contributed by atoms with Crippen molar-refractivity contribution in [3.8, 4) is 5.75 Å². The summed E-state index contributed by atoms with van der Waals surface area (Å²) in [6.07, 6.45) is 1.87. The molecule has 0 unspecified atom stereocenters. The maximum atomic E-state index is 12.3. The first-order valence-electron chi connectivity index (χ1n) is 10.6. The average Bonchev–Trinajstić information content (AvgIpc) is 2.67. The Hall–Kier alpha value is -2.54. The van der Waals surface area contributed by atoms with Gasteiger partial charge < -0.3 is 10.1 Å². The van der Waals surface area contributed by atoms with Crippen molar-refractivity contribution in [1.82, 2.24) is 5.32 Å². The first-order chi connectivity index (χ1) is 14.6. The van der Waals surface area contributed by atoms with Gasteiger partial charge in [0.05, 0.1) is 18.5 Å². The maximum Gasteiger partial charge on any atom is 0.232 e. The number of benzene rings is 2. The molecular formula is C24H34N2O4S. The lowest BCUT2D eigenvalue weighted by molar-refractivity contribution is -0.121. The summed E-state index contributed by atoms with van der Waals surface area (Å²) >= 11 is 0. The fraction of sp³-hybridized carbons (Fsp3) is 0.458. The minimum Gasteiger partial charge on any atom is -0.491 e. The molecule has 0 fully saturated rings. The zero-order chi connectivity index (χ0) is 23.0. The molecule has 2 rings (SSSR count). The summed E-state index contributed by atoms with van der Waals surface area (Å²) < 4.78 is 31.7. The van der Waals surface area contributed by atoms with Gasteiger partial charge >= 0.3 is 0 Å². The molecule has 0 bridgehead atoms. The molecular weight excluding hydrogens is 412 g/mol. The second-order valence-corrected chi connectivity index (χ2v) is 10.1. The average molecular weight is 447 g/mol. The van der Waals surface area contributed by atoms with Crippen LogP contribution in [0.4, 0.5) is 5.69 Å². The van der Waals surface area contributed by atoms with Crippen LogP contribution < -0.4 is 14.4 Å². The Labute approximate surface area is 186 Å². The Balaban J connectivity index is 1.81. The molecule has 0 radical (unpaired) electrons. The molecule has 2 aromatic rings. The third kappa shape index (κ3) is 7.90. The van der Waals surface area contributed by atoms with Gasteiger partial charge in [-0.15, -0.1) is 0 Å². The number of carbonyl (C=O) groups excluding carboxylic acids is 1. The van der Waals surface area contributed by atoms with Crippen LogP contribution in [0.2, 0.25) is 0 Å². The predicted octanol–water partition coefficient (Wildman–Crippen LogP) is 4.17. The molecule has 31 heavy (non-hydrogen) atoms. The van der Waals surface area contributed by atoms with Gasteiger partial charge in [0.2, 0.25) is 15.9 Å². The normalized spacial score (nSPS) is 11.4. The lowest BCUT2D eigenvalue weighted by Crippen LogP contribution is -2.33.